The van der Waals surface area contributed by atoms with Crippen molar-refractivity contribution in [2.24, 2.45) is 0 Å². The van der Waals surface area contributed by atoms with Crippen molar-refractivity contribution in [3.8, 4) is 5.75 Å². The number of anilines is 1. The molecule has 3 N–H and O–H groups in total. The summed E-state index contributed by atoms with van der Waals surface area (Å²) in [5, 5.41) is 7.34. The van der Waals surface area contributed by atoms with Gasteiger partial charge in [-0.2, -0.15) is 13.2 Å². The molecule has 6 nitrogen and oxygen atoms in total. The van der Waals surface area contributed by atoms with E-state index in [-0.39, 0.29) is 23.7 Å². The van der Waals surface area contributed by atoms with Gasteiger partial charge in [0.25, 0.3) is 5.91 Å². The van der Waals surface area contributed by atoms with Crippen molar-refractivity contribution in [3.63, 3.8) is 0 Å². The molecule has 2 aromatic rings. The van der Waals surface area contributed by atoms with Crippen molar-refractivity contribution < 1.29 is 27.5 Å². The van der Waals surface area contributed by atoms with E-state index in [2.05, 4.69) is 16.0 Å². The van der Waals surface area contributed by atoms with E-state index >= 15 is 0 Å². The van der Waals surface area contributed by atoms with Gasteiger partial charge in [0, 0.05) is 24.3 Å². The second-order valence-corrected chi connectivity index (χ2v) is 7.89. The topological polar surface area (TPSA) is 79.5 Å². The van der Waals surface area contributed by atoms with Gasteiger partial charge in [0.1, 0.15) is 5.75 Å². The molecular formula is C22H23ClF3N3O3. The van der Waals surface area contributed by atoms with E-state index in [1.807, 2.05) is 0 Å². The number of ether oxygens (including phenoxy) is 1. The number of amides is 3. The lowest BCUT2D eigenvalue weighted by Crippen LogP contribution is -2.41. The van der Waals surface area contributed by atoms with Gasteiger partial charge in [-0.15, -0.1) is 0 Å². The smallest absolute Gasteiger partial charge is 0.417 e. The zero-order valence-electron chi connectivity index (χ0n) is 17.3. The second kappa shape index (κ2) is 10.1. The van der Waals surface area contributed by atoms with Crippen LogP contribution in [0, 0.1) is 0 Å². The standard InChI is InChI=1S/C22H23ClF3N3O3/c1-27-20(30)13-2-7-16(8-3-13)32-17-9-4-14(5-10-17)28-21(31)29-15-6-11-19(23)18(12-15)22(24,25)26/h2-3,6-8,11-12,14,17H,4-5,9-10H2,1H3,(H,27,30)(H2,28,29,31)/t14-,17-. The van der Waals surface area contributed by atoms with Crippen molar-refractivity contribution >= 4 is 29.2 Å². The summed E-state index contributed by atoms with van der Waals surface area (Å²) in [6, 6.07) is 9.39. The summed E-state index contributed by atoms with van der Waals surface area (Å²) >= 11 is 5.59. The minimum Gasteiger partial charge on any atom is -0.490 e. The minimum absolute atomic E-state index is 0.0106. The van der Waals surface area contributed by atoms with Crippen molar-refractivity contribution in [3.05, 3.63) is 58.6 Å². The van der Waals surface area contributed by atoms with Crippen LogP contribution in [0.1, 0.15) is 41.6 Å². The highest BCUT2D eigenvalue weighted by Crippen LogP contribution is 2.36. The molecule has 0 unspecified atom stereocenters. The average molecular weight is 470 g/mol. The molecule has 0 spiro atoms. The first-order valence-electron chi connectivity index (χ1n) is 10.1. The third-order valence-corrected chi connectivity index (χ3v) is 5.51. The highest BCUT2D eigenvalue weighted by Gasteiger charge is 2.33. The van der Waals surface area contributed by atoms with Crippen LogP contribution in [0.25, 0.3) is 0 Å². The van der Waals surface area contributed by atoms with Gasteiger partial charge in [0.05, 0.1) is 16.7 Å². The van der Waals surface area contributed by atoms with Gasteiger partial charge in [-0.1, -0.05) is 11.6 Å². The van der Waals surface area contributed by atoms with E-state index in [4.69, 9.17) is 16.3 Å². The van der Waals surface area contributed by atoms with Crippen LogP contribution in [0.3, 0.4) is 0 Å². The Morgan fingerprint density at radius 1 is 1.03 bits per heavy atom. The summed E-state index contributed by atoms with van der Waals surface area (Å²) < 4.78 is 44.8. The van der Waals surface area contributed by atoms with Gasteiger partial charge in [-0.05, 0) is 68.1 Å². The number of alkyl halides is 3. The van der Waals surface area contributed by atoms with E-state index in [1.165, 1.54) is 6.07 Å². The second-order valence-electron chi connectivity index (χ2n) is 7.49. The summed E-state index contributed by atoms with van der Waals surface area (Å²) in [4.78, 5) is 23.8. The summed E-state index contributed by atoms with van der Waals surface area (Å²) in [5.41, 5.74) is -0.448. The van der Waals surface area contributed by atoms with Crippen LogP contribution in [0.15, 0.2) is 42.5 Å². The molecule has 0 atom stereocenters. The zero-order valence-corrected chi connectivity index (χ0v) is 18.0. The number of carbonyl (C=O) groups is 2. The van der Waals surface area contributed by atoms with Crippen molar-refractivity contribution in [2.45, 2.75) is 44.0 Å². The molecule has 0 saturated heterocycles. The van der Waals surface area contributed by atoms with Crippen LogP contribution in [-0.4, -0.2) is 31.1 Å². The normalized spacial score (nSPS) is 18.5. The summed E-state index contributed by atoms with van der Waals surface area (Å²) in [5.74, 6) is 0.490. The molecule has 10 heteroatoms. The Labute approximate surface area is 188 Å². The number of hydrogen-bond acceptors (Lipinski definition) is 3. The first-order chi connectivity index (χ1) is 15.2. The third kappa shape index (κ3) is 6.29. The molecule has 172 valence electrons. The summed E-state index contributed by atoms with van der Waals surface area (Å²) in [6.07, 6.45) is -1.87. The predicted octanol–water partition coefficient (Wildman–Crippen LogP) is 5.23. The Morgan fingerprint density at radius 2 is 1.69 bits per heavy atom. The maximum Gasteiger partial charge on any atom is 0.417 e. The van der Waals surface area contributed by atoms with Gasteiger partial charge < -0.3 is 20.7 Å². The molecule has 0 aliphatic heterocycles. The molecule has 3 amide bonds. The van der Waals surface area contributed by atoms with Gasteiger partial charge in [0.15, 0.2) is 0 Å². The predicted molar refractivity (Wildman–Crippen MR) is 115 cm³/mol. The minimum atomic E-state index is -4.60. The van der Waals surface area contributed by atoms with Crippen LogP contribution < -0.4 is 20.7 Å². The maximum absolute atomic E-state index is 13.0. The first-order valence-corrected chi connectivity index (χ1v) is 10.5. The summed E-state index contributed by atoms with van der Waals surface area (Å²) in [6.45, 7) is 0. The van der Waals surface area contributed by atoms with E-state index in [9.17, 15) is 22.8 Å². The molecule has 1 aliphatic carbocycles. The number of nitrogens with one attached hydrogen (secondary N) is 3. The number of benzene rings is 2. The molecular weight excluding hydrogens is 447 g/mol. The Kier molecular flexibility index (Phi) is 7.50. The highest BCUT2D eigenvalue weighted by atomic mass is 35.5. The van der Waals surface area contributed by atoms with E-state index in [0.29, 0.717) is 37.0 Å². The van der Waals surface area contributed by atoms with Gasteiger partial charge in [-0.3, -0.25) is 4.79 Å². The quantitative estimate of drug-likeness (QED) is 0.561. The van der Waals surface area contributed by atoms with Crippen LogP contribution in [0.5, 0.6) is 5.75 Å². The lowest BCUT2D eigenvalue weighted by Gasteiger charge is -2.29. The molecule has 0 heterocycles. The molecule has 1 fully saturated rings. The molecule has 0 aromatic heterocycles. The molecule has 3 rings (SSSR count). The fourth-order valence-electron chi connectivity index (χ4n) is 3.52. The molecule has 2 aromatic carbocycles. The SMILES string of the molecule is CNC(=O)c1ccc(O[C@H]2CC[C@H](NC(=O)Nc3ccc(Cl)c(C(F)(F)F)c3)CC2)cc1. The van der Waals surface area contributed by atoms with Gasteiger partial charge in [-0.25, -0.2) is 4.79 Å². The number of rotatable bonds is 5. The van der Waals surface area contributed by atoms with E-state index < -0.39 is 22.8 Å². The number of urea groups is 1. The molecule has 0 radical (unpaired) electrons. The third-order valence-electron chi connectivity index (χ3n) is 5.19. The van der Waals surface area contributed by atoms with Crippen LogP contribution in [0.2, 0.25) is 5.02 Å². The Hall–Kier alpha value is -2.94. The number of carbonyl (C=O) groups excluding carboxylic acids is 2. The monoisotopic (exact) mass is 469 g/mol. The van der Waals surface area contributed by atoms with Crippen molar-refractivity contribution in [1.29, 1.82) is 0 Å². The highest BCUT2D eigenvalue weighted by molar-refractivity contribution is 6.31. The van der Waals surface area contributed by atoms with Crippen molar-refractivity contribution in [2.75, 3.05) is 12.4 Å². The molecule has 1 aliphatic rings. The van der Waals surface area contributed by atoms with Crippen LogP contribution in [0.4, 0.5) is 23.7 Å². The van der Waals surface area contributed by atoms with Crippen LogP contribution in [-0.2, 0) is 6.18 Å². The molecule has 1 saturated carbocycles. The molecule has 32 heavy (non-hydrogen) atoms. The number of halogens is 4. The zero-order chi connectivity index (χ0) is 23.3. The molecule has 0 bridgehead atoms. The lowest BCUT2D eigenvalue weighted by molar-refractivity contribution is -0.137. The number of hydrogen-bond donors (Lipinski definition) is 3. The first kappa shape index (κ1) is 23.7. The van der Waals surface area contributed by atoms with Gasteiger partial charge in [0.2, 0.25) is 0 Å². The van der Waals surface area contributed by atoms with Crippen LogP contribution >= 0.6 is 11.6 Å². The average Bonchev–Trinajstić information content (AvgIpc) is 2.75. The van der Waals surface area contributed by atoms with E-state index in [0.717, 1.165) is 12.1 Å². The lowest BCUT2D eigenvalue weighted by atomic mass is 9.93. The van der Waals surface area contributed by atoms with Crippen molar-refractivity contribution in [1.82, 2.24) is 10.6 Å². The van der Waals surface area contributed by atoms with E-state index in [1.54, 1.807) is 31.3 Å². The summed E-state index contributed by atoms with van der Waals surface area (Å²) in [7, 11) is 1.56. The van der Waals surface area contributed by atoms with Gasteiger partial charge >= 0.3 is 12.2 Å². The Balaban J connectivity index is 1.47. The Morgan fingerprint density at radius 3 is 2.28 bits per heavy atom. The fraction of sp³-hybridized carbons (Fsp3) is 0.364. The fourth-order valence-corrected chi connectivity index (χ4v) is 3.74. The maximum atomic E-state index is 13.0. The Bertz CT molecular complexity index is 959. The largest absolute Gasteiger partial charge is 0.490 e.